The van der Waals surface area contributed by atoms with Gasteiger partial charge < -0.3 is 25.2 Å². The number of nitro groups is 1. The molecule has 1 aromatic rings. The average molecular weight is 490 g/mol. The van der Waals surface area contributed by atoms with Crippen LogP contribution >= 0.6 is 0 Å². The van der Waals surface area contributed by atoms with Crippen LogP contribution in [-0.4, -0.2) is 59.3 Å². The van der Waals surface area contributed by atoms with Crippen molar-refractivity contribution < 1.29 is 33.9 Å². The number of benzene rings is 1. The number of nitrogens with one attached hydrogen (secondary N) is 2. The van der Waals surface area contributed by atoms with Crippen LogP contribution in [0.15, 0.2) is 35.5 Å². The minimum atomic E-state index is -1.19. The number of ether oxygens (including phenoxy) is 2. The molecule has 3 N–H and O–H groups in total. The molecule has 2 heterocycles. The number of rotatable bonds is 8. The van der Waals surface area contributed by atoms with Crippen molar-refractivity contribution in [3.05, 3.63) is 51.2 Å². The van der Waals surface area contributed by atoms with Crippen LogP contribution in [-0.2, 0) is 23.9 Å². The molecule has 0 saturated carbocycles. The van der Waals surface area contributed by atoms with E-state index in [0.29, 0.717) is 24.3 Å². The fraction of sp³-hybridized carbons (Fsp3) is 0.542. The Morgan fingerprint density at radius 2 is 2.09 bits per heavy atom. The average Bonchev–Trinajstić information content (AvgIpc) is 2.81. The number of carbonyl (C=O) groups is 3. The summed E-state index contributed by atoms with van der Waals surface area (Å²) in [5.41, 5.74) is -0.486. The van der Waals surface area contributed by atoms with E-state index in [1.165, 1.54) is 25.1 Å². The van der Waals surface area contributed by atoms with Crippen LogP contribution in [0.2, 0.25) is 0 Å². The van der Waals surface area contributed by atoms with Crippen LogP contribution in [0, 0.1) is 16.0 Å². The summed E-state index contributed by atoms with van der Waals surface area (Å²) in [5.74, 6) is -4.41. The van der Waals surface area contributed by atoms with Crippen molar-refractivity contribution in [2.75, 3.05) is 19.8 Å². The number of hydrogen-bond acceptors (Lipinski definition) is 8. The SMILES string of the molecule is CC(=O)NCCOC(=O)C1=C(C)NC(C)(C2CCCCO2)C(C(=O)O)[C@H]1c1cccc([N+](=O)[O-])c1. The molecule has 3 rings (SSSR count). The molecule has 0 aliphatic carbocycles. The van der Waals surface area contributed by atoms with Crippen LogP contribution in [0.3, 0.4) is 0 Å². The summed E-state index contributed by atoms with van der Waals surface area (Å²) >= 11 is 0. The molecule has 1 aromatic carbocycles. The largest absolute Gasteiger partial charge is 0.481 e. The van der Waals surface area contributed by atoms with Gasteiger partial charge in [0.25, 0.3) is 5.69 Å². The summed E-state index contributed by atoms with van der Waals surface area (Å²) in [6, 6.07) is 5.66. The molecule has 0 bridgehead atoms. The highest BCUT2D eigenvalue weighted by Gasteiger charge is 2.55. The summed E-state index contributed by atoms with van der Waals surface area (Å²) in [4.78, 5) is 48.0. The maximum absolute atomic E-state index is 13.2. The highest BCUT2D eigenvalue weighted by atomic mass is 16.6. The van der Waals surface area contributed by atoms with E-state index < -0.39 is 40.3 Å². The lowest BCUT2D eigenvalue weighted by Crippen LogP contribution is -2.64. The number of nitro benzene ring substituents is 1. The van der Waals surface area contributed by atoms with Gasteiger partial charge in [0.05, 0.1) is 34.6 Å². The lowest BCUT2D eigenvalue weighted by Gasteiger charge is -2.50. The Hall–Kier alpha value is -3.47. The Kier molecular flexibility index (Phi) is 8.11. The second-order valence-corrected chi connectivity index (χ2v) is 9.07. The summed E-state index contributed by atoms with van der Waals surface area (Å²) in [6.45, 7) is 5.23. The van der Waals surface area contributed by atoms with Gasteiger partial charge in [-0.3, -0.25) is 19.7 Å². The molecule has 4 atom stereocenters. The summed E-state index contributed by atoms with van der Waals surface area (Å²) in [5, 5.41) is 27.6. The molecule has 3 unspecified atom stereocenters. The molecule has 1 fully saturated rings. The van der Waals surface area contributed by atoms with E-state index >= 15 is 0 Å². The van der Waals surface area contributed by atoms with Crippen molar-refractivity contribution in [2.24, 2.45) is 5.92 Å². The second-order valence-electron chi connectivity index (χ2n) is 9.07. The van der Waals surface area contributed by atoms with E-state index in [9.17, 15) is 29.6 Å². The minimum absolute atomic E-state index is 0.0778. The van der Waals surface area contributed by atoms with E-state index in [0.717, 1.165) is 12.8 Å². The van der Waals surface area contributed by atoms with Crippen LogP contribution in [0.25, 0.3) is 0 Å². The number of carboxylic acids is 1. The maximum atomic E-state index is 13.2. The fourth-order valence-corrected chi connectivity index (χ4v) is 5.11. The van der Waals surface area contributed by atoms with Gasteiger partial charge in [-0.05, 0) is 38.7 Å². The molecule has 1 amide bonds. The van der Waals surface area contributed by atoms with Gasteiger partial charge in [-0.2, -0.15) is 0 Å². The predicted molar refractivity (Wildman–Crippen MR) is 124 cm³/mol. The Morgan fingerprint density at radius 1 is 1.34 bits per heavy atom. The zero-order valence-corrected chi connectivity index (χ0v) is 20.0. The van der Waals surface area contributed by atoms with Gasteiger partial charge in [0.1, 0.15) is 6.61 Å². The lowest BCUT2D eigenvalue weighted by molar-refractivity contribution is -0.384. The van der Waals surface area contributed by atoms with Crippen LogP contribution in [0.1, 0.15) is 51.5 Å². The zero-order valence-electron chi connectivity index (χ0n) is 20.0. The topological polar surface area (TPSA) is 157 Å². The first-order chi connectivity index (χ1) is 16.6. The van der Waals surface area contributed by atoms with Crippen LogP contribution in [0.5, 0.6) is 0 Å². The van der Waals surface area contributed by atoms with Gasteiger partial charge >= 0.3 is 11.9 Å². The third kappa shape index (κ3) is 5.61. The Labute approximate surface area is 203 Å². The number of hydrogen-bond donors (Lipinski definition) is 3. The first kappa shape index (κ1) is 26.1. The molecular weight excluding hydrogens is 458 g/mol. The third-order valence-corrected chi connectivity index (χ3v) is 6.64. The minimum Gasteiger partial charge on any atom is -0.481 e. The quantitative estimate of drug-likeness (QED) is 0.216. The third-order valence-electron chi connectivity index (χ3n) is 6.64. The van der Waals surface area contributed by atoms with Crippen molar-refractivity contribution >= 4 is 23.5 Å². The van der Waals surface area contributed by atoms with Crippen molar-refractivity contribution in [3.63, 3.8) is 0 Å². The number of esters is 1. The fourth-order valence-electron chi connectivity index (χ4n) is 5.11. The van der Waals surface area contributed by atoms with E-state index in [1.54, 1.807) is 19.9 Å². The molecule has 0 spiro atoms. The number of nitrogens with zero attached hydrogens (tertiary/aromatic N) is 1. The number of amides is 1. The first-order valence-corrected chi connectivity index (χ1v) is 11.6. The zero-order chi connectivity index (χ0) is 25.8. The Bertz CT molecular complexity index is 1030. The number of aliphatic carboxylic acids is 1. The number of non-ortho nitro benzene ring substituents is 1. The normalized spacial score (nSPS) is 26.4. The molecule has 35 heavy (non-hydrogen) atoms. The molecule has 190 valence electrons. The maximum Gasteiger partial charge on any atom is 0.336 e. The van der Waals surface area contributed by atoms with Gasteiger partial charge in [0.15, 0.2) is 0 Å². The summed E-state index contributed by atoms with van der Waals surface area (Å²) in [6.07, 6.45) is 1.94. The molecule has 11 heteroatoms. The van der Waals surface area contributed by atoms with E-state index in [4.69, 9.17) is 9.47 Å². The number of allylic oxidation sites excluding steroid dienone is 1. The smallest absolute Gasteiger partial charge is 0.336 e. The summed E-state index contributed by atoms with van der Waals surface area (Å²) in [7, 11) is 0. The van der Waals surface area contributed by atoms with Gasteiger partial charge in [-0.25, -0.2) is 4.79 Å². The second kappa shape index (κ2) is 10.9. The van der Waals surface area contributed by atoms with E-state index in [2.05, 4.69) is 10.6 Å². The summed E-state index contributed by atoms with van der Waals surface area (Å²) < 4.78 is 11.3. The van der Waals surface area contributed by atoms with Crippen molar-refractivity contribution in [3.8, 4) is 0 Å². The van der Waals surface area contributed by atoms with E-state index in [1.807, 2.05) is 0 Å². The highest BCUT2D eigenvalue weighted by Crippen LogP contribution is 2.47. The molecular formula is C24H31N3O8. The number of carbonyl (C=O) groups excluding carboxylic acids is 2. The molecule has 11 nitrogen and oxygen atoms in total. The van der Waals surface area contributed by atoms with Gasteiger partial charge in [-0.15, -0.1) is 0 Å². The van der Waals surface area contributed by atoms with Crippen LogP contribution in [0.4, 0.5) is 5.69 Å². The Morgan fingerprint density at radius 3 is 2.69 bits per heavy atom. The van der Waals surface area contributed by atoms with Gasteiger partial charge in [-0.1, -0.05) is 12.1 Å². The molecule has 0 radical (unpaired) electrons. The first-order valence-electron chi connectivity index (χ1n) is 11.6. The molecule has 1 saturated heterocycles. The standard InChI is InChI=1S/C24H31N3O8/c1-14-19(23(31)35-12-10-25-15(2)28)20(16-7-6-8-17(13-16)27(32)33)21(22(29)30)24(3,26-14)18-9-4-5-11-34-18/h6-8,13,18,20-21,26H,4-5,9-12H2,1-3H3,(H,25,28)(H,29,30)/t18?,20-,21?,24?/m0/s1. The molecule has 2 aliphatic rings. The number of carboxylic acid groups (broad SMARTS) is 1. The van der Waals surface area contributed by atoms with E-state index in [-0.39, 0.29) is 30.3 Å². The van der Waals surface area contributed by atoms with Crippen molar-refractivity contribution in [2.45, 2.75) is 57.6 Å². The van der Waals surface area contributed by atoms with Crippen molar-refractivity contribution in [1.29, 1.82) is 0 Å². The Balaban J connectivity index is 2.10. The van der Waals surface area contributed by atoms with Gasteiger partial charge in [0.2, 0.25) is 5.91 Å². The van der Waals surface area contributed by atoms with Crippen LogP contribution < -0.4 is 10.6 Å². The lowest BCUT2D eigenvalue weighted by atomic mass is 9.64. The molecule has 2 aliphatic heterocycles. The monoisotopic (exact) mass is 489 g/mol. The van der Waals surface area contributed by atoms with Gasteiger partial charge in [0, 0.05) is 37.3 Å². The van der Waals surface area contributed by atoms with Crippen molar-refractivity contribution in [1.82, 2.24) is 10.6 Å². The molecule has 0 aromatic heterocycles. The highest BCUT2D eigenvalue weighted by molar-refractivity contribution is 5.93. The predicted octanol–water partition coefficient (Wildman–Crippen LogP) is 2.26.